The summed E-state index contributed by atoms with van der Waals surface area (Å²) in [5, 5.41) is 4.30. The third-order valence-electron chi connectivity index (χ3n) is 4.31. The zero-order valence-electron chi connectivity index (χ0n) is 15.9. The number of likely N-dealkylation sites (N-methyl/N-ethyl adjacent to an activating group) is 1. The number of imidazole rings is 1. The first-order valence-electron chi connectivity index (χ1n) is 9.01. The van der Waals surface area contributed by atoms with Crippen LogP contribution in [0, 0.1) is 6.92 Å². The van der Waals surface area contributed by atoms with Crippen molar-refractivity contribution >= 4 is 0 Å². The summed E-state index contributed by atoms with van der Waals surface area (Å²) in [6.07, 6.45) is 5.75. The van der Waals surface area contributed by atoms with Crippen molar-refractivity contribution in [1.29, 1.82) is 0 Å². The highest BCUT2D eigenvalue weighted by atomic mass is 15.3. The molecule has 0 radical (unpaired) electrons. The number of hydrogen-bond donors (Lipinski definition) is 1. The van der Waals surface area contributed by atoms with E-state index in [2.05, 4.69) is 63.2 Å². The average molecular weight is 352 g/mol. The molecule has 2 aromatic heterocycles. The van der Waals surface area contributed by atoms with E-state index >= 15 is 0 Å². The minimum atomic E-state index is 0.804. The number of hydrogen-bond acceptors (Lipinski definition) is 4. The molecule has 0 fully saturated rings. The predicted molar refractivity (Wildman–Crippen MR) is 104 cm³/mol. The van der Waals surface area contributed by atoms with Crippen LogP contribution in [-0.2, 0) is 19.6 Å². The molecular weight excluding hydrogens is 324 g/mol. The Hall–Kier alpha value is -2.44. The second kappa shape index (κ2) is 8.78. The fraction of sp³-hybridized carbons (Fsp3) is 0.400. The van der Waals surface area contributed by atoms with Crippen LogP contribution >= 0.6 is 0 Å². The van der Waals surface area contributed by atoms with Gasteiger partial charge in [0.2, 0.25) is 0 Å². The van der Waals surface area contributed by atoms with E-state index in [9.17, 15) is 0 Å². The van der Waals surface area contributed by atoms with Crippen molar-refractivity contribution in [3.05, 3.63) is 71.6 Å². The first-order valence-corrected chi connectivity index (χ1v) is 9.01. The highest BCUT2D eigenvalue weighted by molar-refractivity contribution is 5.23. The third-order valence-corrected chi connectivity index (χ3v) is 4.31. The summed E-state index contributed by atoms with van der Waals surface area (Å²) in [6.45, 7) is 6.62. The van der Waals surface area contributed by atoms with Crippen molar-refractivity contribution in [2.24, 2.45) is 0 Å². The molecule has 3 rings (SSSR count). The summed E-state index contributed by atoms with van der Waals surface area (Å²) in [6, 6.07) is 10.7. The molecule has 138 valence electrons. The van der Waals surface area contributed by atoms with Crippen LogP contribution in [0.25, 0.3) is 0 Å². The first-order chi connectivity index (χ1) is 12.6. The molecule has 0 aliphatic rings. The Balaban J connectivity index is 1.68. The minimum Gasteiger partial charge on any atom is -0.345 e. The lowest BCUT2D eigenvalue weighted by molar-refractivity contribution is 0.224. The van der Waals surface area contributed by atoms with Crippen molar-refractivity contribution < 1.29 is 0 Å². The maximum Gasteiger partial charge on any atom is 0.103 e. The molecule has 0 aliphatic heterocycles. The number of aryl methyl sites for hydroxylation is 1. The SMILES string of the molecule is Cc1ncc(CN(CCN(C)C)Cc2cccc(Cn3cccn3)c2)[nH]1. The zero-order chi connectivity index (χ0) is 18.4. The topological polar surface area (TPSA) is 53.0 Å². The van der Waals surface area contributed by atoms with E-state index in [4.69, 9.17) is 0 Å². The number of rotatable bonds is 9. The van der Waals surface area contributed by atoms with E-state index in [0.717, 1.165) is 44.2 Å². The average Bonchev–Trinajstić information content (AvgIpc) is 3.25. The van der Waals surface area contributed by atoms with E-state index in [0.29, 0.717) is 0 Å². The maximum atomic E-state index is 4.33. The Kier molecular flexibility index (Phi) is 6.20. The summed E-state index contributed by atoms with van der Waals surface area (Å²) in [5.41, 5.74) is 3.76. The Morgan fingerprint density at radius 3 is 2.62 bits per heavy atom. The van der Waals surface area contributed by atoms with Gasteiger partial charge in [0.15, 0.2) is 0 Å². The van der Waals surface area contributed by atoms with Gasteiger partial charge in [-0.3, -0.25) is 9.58 Å². The lowest BCUT2D eigenvalue weighted by Crippen LogP contribution is -2.31. The van der Waals surface area contributed by atoms with Gasteiger partial charge >= 0.3 is 0 Å². The number of nitrogens with zero attached hydrogens (tertiary/aromatic N) is 5. The van der Waals surface area contributed by atoms with Crippen LogP contribution in [0.5, 0.6) is 0 Å². The summed E-state index contributed by atoms with van der Waals surface area (Å²) in [5.74, 6) is 0.966. The third kappa shape index (κ3) is 5.54. The molecule has 0 unspecified atom stereocenters. The molecule has 1 aromatic carbocycles. The Morgan fingerprint density at radius 2 is 1.92 bits per heavy atom. The lowest BCUT2D eigenvalue weighted by Gasteiger charge is -2.24. The van der Waals surface area contributed by atoms with Gasteiger partial charge in [0.1, 0.15) is 5.82 Å². The van der Waals surface area contributed by atoms with Crippen LogP contribution < -0.4 is 0 Å². The van der Waals surface area contributed by atoms with Gasteiger partial charge in [-0.1, -0.05) is 24.3 Å². The molecule has 0 saturated heterocycles. The Labute approximate surface area is 155 Å². The van der Waals surface area contributed by atoms with Crippen LogP contribution in [0.4, 0.5) is 0 Å². The molecular formula is C20H28N6. The van der Waals surface area contributed by atoms with Crippen molar-refractivity contribution in [2.75, 3.05) is 27.2 Å². The fourth-order valence-electron chi connectivity index (χ4n) is 3.01. The Morgan fingerprint density at radius 1 is 1.08 bits per heavy atom. The number of nitrogens with one attached hydrogen (secondary N) is 1. The predicted octanol–water partition coefficient (Wildman–Crippen LogP) is 2.53. The molecule has 6 nitrogen and oxygen atoms in total. The van der Waals surface area contributed by atoms with E-state index in [-0.39, 0.29) is 0 Å². The molecule has 1 N–H and O–H groups in total. The van der Waals surface area contributed by atoms with E-state index < -0.39 is 0 Å². The summed E-state index contributed by atoms with van der Waals surface area (Å²) >= 11 is 0. The van der Waals surface area contributed by atoms with Crippen molar-refractivity contribution in [3.63, 3.8) is 0 Å². The van der Waals surface area contributed by atoms with Gasteiger partial charge in [-0.15, -0.1) is 0 Å². The second-order valence-electron chi connectivity index (χ2n) is 7.03. The van der Waals surface area contributed by atoms with Crippen molar-refractivity contribution in [2.45, 2.75) is 26.6 Å². The quantitative estimate of drug-likeness (QED) is 0.643. The molecule has 2 heterocycles. The monoisotopic (exact) mass is 352 g/mol. The summed E-state index contributed by atoms with van der Waals surface area (Å²) < 4.78 is 1.95. The summed E-state index contributed by atoms with van der Waals surface area (Å²) in [4.78, 5) is 12.3. The minimum absolute atomic E-state index is 0.804. The van der Waals surface area contributed by atoms with Gasteiger partial charge in [0.25, 0.3) is 0 Å². The van der Waals surface area contributed by atoms with Crippen LogP contribution in [0.3, 0.4) is 0 Å². The molecule has 0 bridgehead atoms. The first kappa shape index (κ1) is 18.4. The fourth-order valence-corrected chi connectivity index (χ4v) is 3.01. The smallest absolute Gasteiger partial charge is 0.103 e. The van der Waals surface area contributed by atoms with Crippen LogP contribution in [0.15, 0.2) is 48.9 Å². The molecule has 0 aliphatic carbocycles. The van der Waals surface area contributed by atoms with Crippen molar-refractivity contribution in [3.8, 4) is 0 Å². The van der Waals surface area contributed by atoms with Crippen molar-refractivity contribution in [1.82, 2.24) is 29.5 Å². The molecule has 0 saturated carbocycles. The summed E-state index contributed by atoms with van der Waals surface area (Å²) in [7, 11) is 4.23. The van der Waals surface area contributed by atoms with Gasteiger partial charge in [-0.2, -0.15) is 5.10 Å². The number of H-pyrrole nitrogens is 1. The standard InChI is InChI=1S/C20H28N6/c1-17-21-13-20(23-17)16-25(11-10-24(2)3)14-18-6-4-7-19(12-18)15-26-9-5-8-22-26/h4-9,12-13H,10-11,14-16H2,1-3H3,(H,21,23). The molecule has 0 atom stereocenters. The molecule has 0 amide bonds. The molecule has 3 aromatic rings. The van der Waals surface area contributed by atoms with Gasteiger partial charge in [-0.05, 0) is 38.2 Å². The molecule has 6 heteroatoms. The number of benzene rings is 1. The largest absolute Gasteiger partial charge is 0.345 e. The van der Waals surface area contributed by atoms with Crippen LogP contribution in [-0.4, -0.2) is 56.7 Å². The highest BCUT2D eigenvalue weighted by Gasteiger charge is 2.10. The van der Waals surface area contributed by atoms with Crippen LogP contribution in [0.2, 0.25) is 0 Å². The normalized spacial score (nSPS) is 11.6. The zero-order valence-corrected chi connectivity index (χ0v) is 15.9. The van der Waals surface area contributed by atoms with E-state index in [1.807, 2.05) is 36.3 Å². The van der Waals surface area contributed by atoms with Gasteiger partial charge in [0.05, 0.1) is 6.54 Å². The van der Waals surface area contributed by atoms with Gasteiger partial charge in [-0.25, -0.2) is 4.98 Å². The maximum absolute atomic E-state index is 4.33. The molecule has 0 spiro atoms. The number of aromatic nitrogens is 4. The molecule has 26 heavy (non-hydrogen) atoms. The lowest BCUT2D eigenvalue weighted by atomic mass is 10.1. The Bertz CT molecular complexity index is 790. The second-order valence-corrected chi connectivity index (χ2v) is 7.03. The highest BCUT2D eigenvalue weighted by Crippen LogP contribution is 2.12. The van der Waals surface area contributed by atoms with Crippen LogP contribution in [0.1, 0.15) is 22.6 Å². The number of aromatic amines is 1. The van der Waals surface area contributed by atoms with E-state index in [1.165, 1.54) is 11.1 Å². The van der Waals surface area contributed by atoms with Gasteiger partial charge in [0, 0.05) is 50.5 Å². The van der Waals surface area contributed by atoms with Gasteiger partial charge < -0.3 is 9.88 Å². The van der Waals surface area contributed by atoms with E-state index in [1.54, 1.807) is 0 Å².